The van der Waals surface area contributed by atoms with Crippen LogP contribution in [0.1, 0.15) is 37.8 Å². The minimum atomic E-state index is -4.55. The van der Waals surface area contributed by atoms with Gasteiger partial charge in [0.1, 0.15) is 11.5 Å². The first kappa shape index (κ1) is 16.6. The third-order valence-electron chi connectivity index (χ3n) is 3.03. The first-order valence-corrected chi connectivity index (χ1v) is 6.53. The Hall–Kier alpha value is -2.77. The van der Waals surface area contributed by atoms with Crippen LogP contribution in [0.3, 0.4) is 0 Å². The number of benzene rings is 1. The number of nitrogens with one attached hydrogen (secondary N) is 2. The minimum absolute atomic E-state index is 0.222. The van der Waals surface area contributed by atoms with Crippen molar-refractivity contribution in [2.24, 2.45) is 0 Å². The van der Waals surface area contributed by atoms with E-state index in [4.69, 9.17) is 4.42 Å². The van der Waals surface area contributed by atoms with Gasteiger partial charge in [-0.1, -0.05) is 6.07 Å². The Kier molecular flexibility index (Phi) is 4.44. The second kappa shape index (κ2) is 6.15. The third kappa shape index (κ3) is 3.91. The molecule has 0 atom stereocenters. The first-order chi connectivity index (χ1) is 10.7. The van der Waals surface area contributed by atoms with E-state index in [1.54, 1.807) is 13.8 Å². The van der Waals surface area contributed by atoms with Gasteiger partial charge in [-0.2, -0.15) is 13.2 Å². The van der Waals surface area contributed by atoms with Crippen molar-refractivity contribution in [3.05, 3.63) is 58.5 Å². The third-order valence-corrected chi connectivity index (χ3v) is 3.03. The summed E-state index contributed by atoms with van der Waals surface area (Å²) >= 11 is 0. The van der Waals surface area contributed by atoms with Gasteiger partial charge in [0, 0.05) is 5.56 Å². The van der Waals surface area contributed by atoms with E-state index in [0.29, 0.717) is 17.6 Å². The number of carbonyl (C=O) groups excluding carboxylic acids is 2. The smallest absolute Gasteiger partial charge is 0.416 e. The molecule has 0 spiro atoms. The number of carbonyl (C=O) groups is 2. The summed E-state index contributed by atoms with van der Waals surface area (Å²) in [5.74, 6) is -0.591. The van der Waals surface area contributed by atoms with Gasteiger partial charge in [0.05, 0.1) is 11.1 Å². The molecule has 0 aliphatic heterocycles. The predicted octanol–water partition coefficient (Wildman–Crippen LogP) is 2.99. The fourth-order valence-electron chi connectivity index (χ4n) is 1.95. The number of furan rings is 1. The molecule has 2 amide bonds. The van der Waals surface area contributed by atoms with Crippen molar-refractivity contribution >= 4 is 11.8 Å². The SMILES string of the molecule is Cc1cc(C(=O)NNC(=O)c2cccc(C(F)(F)F)c2)c(C)o1. The van der Waals surface area contributed by atoms with E-state index < -0.39 is 23.6 Å². The van der Waals surface area contributed by atoms with E-state index in [1.165, 1.54) is 12.1 Å². The lowest BCUT2D eigenvalue weighted by atomic mass is 10.1. The minimum Gasteiger partial charge on any atom is -0.466 e. The molecule has 2 aromatic rings. The molecule has 8 heteroatoms. The Morgan fingerprint density at radius 3 is 2.26 bits per heavy atom. The zero-order chi connectivity index (χ0) is 17.2. The molecule has 0 radical (unpaired) electrons. The number of hydrazine groups is 1. The fourth-order valence-corrected chi connectivity index (χ4v) is 1.95. The molecular weight excluding hydrogens is 313 g/mol. The number of hydrogen-bond acceptors (Lipinski definition) is 3. The van der Waals surface area contributed by atoms with E-state index in [1.807, 2.05) is 0 Å². The molecule has 23 heavy (non-hydrogen) atoms. The molecule has 1 aromatic heterocycles. The maximum Gasteiger partial charge on any atom is 0.416 e. The lowest BCUT2D eigenvalue weighted by Crippen LogP contribution is -2.41. The summed E-state index contributed by atoms with van der Waals surface area (Å²) in [5.41, 5.74) is 3.25. The van der Waals surface area contributed by atoms with Crippen LogP contribution < -0.4 is 10.9 Å². The van der Waals surface area contributed by atoms with Crippen molar-refractivity contribution in [2.75, 3.05) is 0 Å². The Morgan fingerprint density at radius 1 is 1.04 bits per heavy atom. The van der Waals surface area contributed by atoms with Gasteiger partial charge in [0.15, 0.2) is 0 Å². The van der Waals surface area contributed by atoms with E-state index in [9.17, 15) is 22.8 Å². The zero-order valence-electron chi connectivity index (χ0n) is 12.2. The van der Waals surface area contributed by atoms with Crippen LogP contribution in [0.25, 0.3) is 0 Å². The monoisotopic (exact) mass is 326 g/mol. The normalized spacial score (nSPS) is 11.2. The van der Waals surface area contributed by atoms with Crippen molar-refractivity contribution in [1.29, 1.82) is 0 Å². The van der Waals surface area contributed by atoms with Gasteiger partial charge in [-0.05, 0) is 38.1 Å². The summed E-state index contributed by atoms with van der Waals surface area (Å²) in [5, 5.41) is 0. The molecule has 1 heterocycles. The molecule has 0 unspecified atom stereocenters. The average molecular weight is 326 g/mol. The van der Waals surface area contributed by atoms with Gasteiger partial charge in [-0.15, -0.1) is 0 Å². The van der Waals surface area contributed by atoms with E-state index in [2.05, 4.69) is 10.9 Å². The van der Waals surface area contributed by atoms with E-state index >= 15 is 0 Å². The molecule has 122 valence electrons. The quantitative estimate of drug-likeness (QED) is 0.834. The lowest BCUT2D eigenvalue weighted by Gasteiger charge is -2.10. The maximum absolute atomic E-state index is 12.6. The van der Waals surface area contributed by atoms with Crippen LogP contribution in [0.2, 0.25) is 0 Å². The van der Waals surface area contributed by atoms with Crippen molar-refractivity contribution in [3.8, 4) is 0 Å². The summed E-state index contributed by atoms with van der Waals surface area (Å²) in [6, 6.07) is 5.37. The Balaban J connectivity index is 2.05. The highest BCUT2D eigenvalue weighted by atomic mass is 19.4. The Bertz CT molecular complexity index is 751. The van der Waals surface area contributed by atoms with Crippen LogP contribution >= 0.6 is 0 Å². The highest BCUT2D eigenvalue weighted by molar-refractivity contribution is 5.99. The van der Waals surface area contributed by atoms with Gasteiger partial charge < -0.3 is 4.42 Å². The lowest BCUT2D eigenvalue weighted by molar-refractivity contribution is -0.137. The van der Waals surface area contributed by atoms with Gasteiger partial charge in [-0.25, -0.2) is 0 Å². The topological polar surface area (TPSA) is 71.3 Å². The van der Waals surface area contributed by atoms with Crippen LogP contribution in [0, 0.1) is 13.8 Å². The van der Waals surface area contributed by atoms with Crippen molar-refractivity contribution < 1.29 is 27.2 Å². The summed E-state index contributed by atoms with van der Waals surface area (Å²) in [6.45, 7) is 3.24. The van der Waals surface area contributed by atoms with Crippen LogP contribution in [-0.4, -0.2) is 11.8 Å². The van der Waals surface area contributed by atoms with E-state index in [0.717, 1.165) is 12.1 Å². The van der Waals surface area contributed by atoms with Crippen LogP contribution in [-0.2, 0) is 6.18 Å². The first-order valence-electron chi connectivity index (χ1n) is 6.53. The molecule has 5 nitrogen and oxygen atoms in total. The van der Waals surface area contributed by atoms with Crippen molar-refractivity contribution in [2.45, 2.75) is 20.0 Å². The maximum atomic E-state index is 12.6. The van der Waals surface area contributed by atoms with Crippen molar-refractivity contribution in [1.82, 2.24) is 10.9 Å². The summed E-state index contributed by atoms with van der Waals surface area (Å²) in [7, 11) is 0. The molecule has 2 N–H and O–H groups in total. The van der Waals surface area contributed by atoms with Gasteiger partial charge >= 0.3 is 6.18 Å². The molecular formula is C15H13F3N2O3. The zero-order valence-corrected chi connectivity index (χ0v) is 12.2. The van der Waals surface area contributed by atoms with Gasteiger partial charge in [-0.3, -0.25) is 20.4 Å². The molecule has 2 rings (SSSR count). The molecule has 0 fully saturated rings. The number of halogens is 3. The van der Waals surface area contributed by atoms with Crippen molar-refractivity contribution in [3.63, 3.8) is 0 Å². The molecule has 0 aliphatic carbocycles. The number of rotatable bonds is 2. The van der Waals surface area contributed by atoms with Gasteiger partial charge in [0.25, 0.3) is 11.8 Å². The average Bonchev–Trinajstić information content (AvgIpc) is 2.82. The predicted molar refractivity (Wildman–Crippen MR) is 74.6 cm³/mol. The van der Waals surface area contributed by atoms with Crippen LogP contribution in [0.5, 0.6) is 0 Å². The second-order valence-corrected chi connectivity index (χ2v) is 4.81. The number of hydrogen-bond donors (Lipinski definition) is 2. The van der Waals surface area contributed by atoms with Gasteiger partial charge in [0.2, 0.25) is 0 Å². The standard InChI is InChI=1S/C15H13F3N2O3/c1-8-6-12(9(2)23-8)14(22)20-19-13(21)10-4-3-5-11(7-10)15(16,17)18/h3-7H,1-2H3,(H,19,21)(H,20,22). The fraction of sp³-hybridized carbons (Fsp3) is 0.200. The largest absolute Gasteiger partial charge is 0.466 e. The number of amides is 2. The second-order valence-electron chi connectivity index (χ2n) is 4.81. The molecule has 0 bridgehead atoms. The summed E-state index contributed by atoms with van der Waals surface area (Å²) in [6.07, 6.45) is -4.55. The Labute approximate surface area is 129 Å². The van der Waals surface area contributed by atoms with Crippen LogP contribution in [0.4, 0.5) is 13.2 Å². The van der Waals surface area contributed by atoms with Crippen LogP contribution in [0.15, 0.2) is 34.7 Å². The highest BCUT2D eigenvalue weighted by Crippen LogP contribution is 2.29. The molecule has 1 aromatic carbocycles. The molecule has 0 saturated carbocycles. The Morgan fingerprint density at radius 2 is 1.70 bits per heavy atom. The number of aryl methyl sites for hydroxylation is 2. The highest BCUT2D eigenvalue weighted by Gasteiger charge is 2.30. The van der Waals surface area contributed by atoms with E-state index in [-0.39, 0.29) is 11.1 Å². The summed E-state index contributed by atoms with van der Waals surface area (Å²) in [4.78, 5) is 23.7. The molecule has 0 aliphatic rings. The number of alkyl halides is 3. The molecule has 0 saturated heterocycles. The summed E-state index contributed by atoms with van der Waals surface area (Å²) < 4.78 is 43.0.